The number of esters is 1. The van der Waals surface area contributed by atoms with Gasteiger partial charge >= 0.3 is 5.97 Å². The third-order valence-corrected chi connectivity index (χ3v) is 3.75. The van der Waals surface area contributed by atoms with E-state index in [1.54, 1.807) is 19.2 Å². The third kappa shape index (κ3) is 3.52. The summed E-state index contributed by atoms with van der Waals surface area (Å²) in [5.41, 5.74) is -0.166. The first-order chi connectivity index (χ1) is 6.58. The Kier molecular flexibility index (Phi) is 6.25. The van der Waals surface area contributed by atoms with Crippen molar-refractivity contribution in [3.05, 3.63) is 9.81 Å². The monoisotopic (exact) mass is 233 g/mol. The molecule has 0 aromatic heterocycles. The van der Waals surface area contributed by atoms with Crippen molar-refractivity contribution in [1.29, 1.82) is 5.26 Å². The number of ether oxygens (including phenoxy) is 1. The van der Waals surface area contributed by atoms with Crippen LogP contribution in [0.25, 0.3) is 0 Å². The molecule has 4 nitrogen and oxygen atoms in total. The van der Waals surface area contributed by atoms with E-state index in [0.717, 1.165) is 11.8 Å². The van der Waals surface area contributed by atoms with Gasteiger partial charge in [-0.25, -0.2) is 4.79 Å². The van der Waals surface area contributed by atoms with Gasteiger partial charge in [-0.3, -0.25) is 4.21 Å². The Morgan fingerprint density at radius 2 is 2.21 bits per heavy atom. The normalized spacial score (nSPS) is 13.9. The van der Waals surface area contributed by atoms with Gasteiger partial charge in [-0.15, -0.1) is 11.8 Å². The molecule has 0 aliphatic heterocycles. The number of nitrogens with zero attached hydrogens (tertiary/aromatic N) is 1. The molecule has 14 heavy (non-hydrogen) atoms. The molecule has 0 saturated carbocycles. The van der Waals surface area contributed by atoms with Crippen LogP contribution in [0.3, 0.4) is 0 Å². The van der Waals surface area contributed by atoms with Crippen LogP contribution < -0.4 is 0 Å². The summed E-state index contributed by atoms with van der Waals surface area (Å²) < 4.78 is 16.1. The Morgan fingerprint density at radius 3 is 2.50 bits per heavy atom. The number of carbonyl (C=O) groups is 1. The highest BCUT2D eigenvalue weighted by Gasteiger charge is 2.18. The Balaban J connectivity index is 5.11. The summed E-state index contributed by atoms with van der Waals surface area (Å²) >= 11 is 1.12. The number of hydrogen-bond acceptors (Lipinski definition) is 5. The van der Waals surface area contributed by atoms with Crippen molar-refractivity contribution in [2.24, 2.45) is 0 Å². The lowest BCUT2D eigenvalue weighted by molar-refractivity contribution is -0.138. The van der Waals surface area contributed by atoms with Crippen LogP contribution >= 0.6 is 11.8 Å². The molecule has 0 N–H and O–H groups in total. The molecule has 0 aromatic rings. The second-order valence-corrected chi connectivity index (χ2v) is 4.54. The van der Waals surface area contributed by atoms with E-state index in [2.05, 4.69) is 4.74 Å². The van der Waals surface area contributed by atoms with Gasteiger partial charge in [0.25, 0.3) is 0 Å². The van der Waals surface area contributed by atoms with Gasteiger partial charge in [-0.2, -0.15) is 5.26 Å². The van der Waals surface area contributed by atoms with Crippen molar-refractivity contribution in [2.75, 3.05) is 19.1 Å². The largest absolute Gasteiger partial charge is 0.462 e. The van der Waals surface area contributed by atoms with Crippen LogP contribution in [0.15, 0.2) is 9.81 Å². The number of hydrogen-bond donors (Lipinski definition) is 0. The molecule has 0 amide bonds. The van der Waals surface area contributed by atoms with Gasteiger partial charge in [-0.05, 0) is 13.2 Å². The highest BCUT2D eigenvalue weighted by atomic mass is 32.2. The van der Waals surface area contributed by atoms with Crippen LogP contribution in [0.4, 0.5) is 0 Å². The Hall–Kier alpha value is -0.800. The average molecular weight is 233 g/mol. The smallest absolute Gasteiger partial charge is 0.350 e. The maximum Gasteiger partial charge on any atom is 0.350 e. The molecule has 78 valence electrons. The predicted octanol–water partition coefficient (Wildman–Crippen LogP) is 1.03. The zero-order chi connectivity index (χ0) is 11.1. The van der Waals surface area contributed by atoms with Crippen molar-refractivity contribution >= 4 is 28.5 Å². The first-order valence-electron chi connectivity index (χ1n) is 3.77. The van der Waals surface area contributed by atoms with Crippen molar-refractivity contribution in [1.82, 2.24) is 0 Å². The van der Waals surface area contributed by atoms with Crippen molar-refractivity contribution in [3.63, 3.8) is 0 Å². The van der Waals surface area contributed by atoms with Crippen molar-refractivity contribution in [3.8, 4) is 6.07 Å². The summed E-state index contributed by atoms with van der Waals surface area (Å²) in [7, 11) is -1.34. The minimum atomic E-state index is -1.34. The van der Waals surface area contributed by atoms with E-state index >= 15 is 0 Å². The molecule has 0 heterocycles. The number of nitriles is 1. The molecule has 0 bridgehead atoms. The zero-order valence-electron chi connectivity index (χ0n) is 8.20. The first-order valence-corrected chi connectivity index (χ1v) is 6.55. The maximum absolute atomic E-state index is 11.2. The quantitative estimate of drug-likeness (QED) is 0.412. The SMILES string of the molecule is CCOC(=O)/C(C#N)=C(/SC)[S@](C)=O. The van der Waals surface area contributed by atoms with Crippen LogP contribution in [-0.2, 0) is 20.3 Å². The van der Waals surface area contributed by atoms with Crippen LogP contribution in [0, 0.1) is 11.3 Å². The molecular weight excluding hydrogens is 222 g/mol. The number of rotatable bonds is 4. The van der Waals surface area contributed by atoms with E-state index in [1.807, 2.05) is 0 Å². The Labute approximate surface area is 89.8 Å². The molecule has 1 atom stereocenters. The summed E-state index contributed by atoms with van der Waals surface area (Å²) in [6, 6.07) is 1.71. The van der Waals surface area contributed by atoms with Crippen LogP contribution in [-0.4, -0.2) is 29.3 Å². The maximum atomic E-state index is 11.2. The summed E-state index contributed by atoms with van der Waals surface area (Å²) in [5.74, 6) is -0.713. The second kappa shape index (κ2) is 6.62. The molecule has 0 saturated heterocycles. The van der Waals surface area contributed by atoms with Crippen molar-refractivity contribution < 1.29 is 13.7 Å². The summed E-state index contributed by atoms with van der Waals surface area (Å²) in [6.45, 7) is 1.84. The molecule has 0 fully saturated rings. The first kappa shape index (κ1) is 13.2. The van der Waals surface area contributed by atoms with E-state index in [0.29, 0.717) is 0 Å². The van der Waals surface area contributed by atoms with Gasteiger partial charge in [-0.1, -0.05) is 0 Å². The molecular formula is C8H11NO3S2. The van der Waals surface area contributed by atoms with Crippen molar-refractivity contribution in [2.45, 2.75) is 6.92 Å². The minimum absolute atomic E-state index is 0.166. The molecule has 0 unspecified atom stereocenters. The molecule has 0 spiro atoms. The molecule has 0 radical (unpaired) electrons. The lowest BCUT2D eigenvalue weighted by Gasteiger charge is -2.03. The topological polar surface area (TPSA) is 67.2 Å². The Bertz CT molecular complexity index is 317. The third-order valence-electron chi connectivity index (χ3n) is 1.24. The minimum Gasteiger partial charge on any atom is -0.462 e. The zero-order valence-corrected chi connectivity index (χ0v) is 9.83. The van der Waals surface area contributed by atoms with E-state index < -0.39 is 16.8 Å². The summed E-state index contributed by atoms with van der Waals surface area (Å²) in [6.07, 6.45) is 3.08. The number of thioether (sulfide) groups is 1. The highest BCUT2D eigenvalue weighted by molar-refractivity contribution is 8.16. The summed E-state index contributed by atoms with van der Waals surface area (Å²) in [4.78, 5) is 11.2. The lowest BCUT2D eigenvalue weighted by Crippen LogP contribution is -2.09. The highest BCUT2D eigenvalue weighted by Crippen LogP contribution is 2.20. The average Bonchev–Trinajstić information content (AvgIpc) is 2.13. The molecule has 6 heteroatoms. The van der Waals surface area contributed by atoms with Gasteiger partial charge in [0.2, 0.25) is 0 Å². The lowest BCUT2D eigenvalue weighted by atomic mass is 10.3. The van der Waals surface area contributed by atoms with E-state index in [1.165, 1.54) is 6.26 Å². The Morgan fingerprint density at radius 1 is 1.64 bits per heavy atom. The van der Waals surface area contributed by atoms with Gasteiger partial charge in [0.15, 0.2) is 5.57 Å². The van der Waals surface area contributed by atoms with E-state index in [-0.39, 0.29) is 16.4 Å². The van der Waals surface area contributed by atoms with Gasteiger partial charge in [0.1, 0.15) is 6.07 Å². The van der Waals surface area contributed by atoms with Crippen LogP contribution in [0.5, 0.6) is 0 Å². The fourth-order valence-electron chi connectivity index (χ4n) is 0.741. The molecule has 0 rings (SSSR count). The standard InChI is InChI=1S/C8H11NO3S2/c1-4-12-7(10)6(5-9)8(13-2)14(3)11/h4H2,1-3H3/b8-6-/t14-/m0/s1. The fourth-order valence-corrected chi connectivity index (χ4v) is 2.43. The van der Waals surface area contributed by atoms with Gasteiger partial charge < -0.3 is 4.74 Å². The molecule has 0 aliphatic carbocycles. The van der Waals surface area contributed by atoms with Crippen LogP contribution in [0.2, 0.25) is 0 Å². The van der Waals surface area contributed by atoms with Crippen LogP contribution in [0.1, 0.15) is 6.92 Å². The van der Waals surface area contributed by atoms with Gasteiger partial charge in [0, 0.05) is 6.26 Å². The number of carbonyl (C=O) groups excluding carboxylic acids is 1. The van der Waals surface area contributed by atoms with E-state index in [4.69, 9.17) is 5.26 Å². The van der Waals surface area contributed by atoms with E-state index in [9.17, 15) is 9.00 Å². The molecule has 0 aliphatic rings. The summed E-state index contributed by atoms with van der Waals surface area (Å²) in [5, 5.41) is 8.72. The second-order valence-electron chi connectivity index (χ2n) is 2.15. The van der Waals surface area contributed by atoms with Gasteiger partial charge in [0.05, 0.1) is 21.6 Å². The fraction of sp³-hybridized carbons (Fsp3) is 0.500. The predicted molar refractivity (Wildman–Crippen MR) is 56.9 cm³/mol. The molecule has 0 aromatic carbocycles.